The Morgan fingerprint density at radius 3 is 2.62 bits per heavy atom. The number of nitrogens with one attached hydrogen (secondary N) is 1. The fourth-order valence-electron chi connectivity index (χ4n) is 2.02. The van der Waals surface area contributed by atoms with E-state index in [4.69, 9.17) is 0 Å². The van der Waals surface area contributed by atoms with Gasteiger partial charge in [-0.15, -0.1) is 12.4 Å². The van der Waals surface area contributed by atoms with Gasteiger partial charge in [-0.1, -0.05) is 6.07 Å². The van der Waals surface area contributed by atoms with Crippen molar-refractivity contribution in [2.24, 2.45) is 0 Å². The van der Waals surface area contributed by atoms with Crippen molar-refractivity contribution in [1.82, 2.24) is 10.3 Å². The van der Waals surface area contributed by atoms with Gasteiger partial charge in [-0.25, -0.2) is 4.39 Å². The molecule has 0 unspecified atom stereocenters. The van der Waals surface area contributed by atoms with E-state index in [0.29, 0.717) is 19.3 Å². The Kier molecular flexibility index (Phi) is 4.69. The van der Waals surface area contributed by atoms with Crippen LogP contribution in [-0.2, 0) is 6.42 Å². The first-order valence-corrected chi connectivity index (χ1v) is 5.49. The fraction of sp³-hybridized carbons (Fsp3) is 0.583. The van der Waals surface area contributed by atoms with Crippen molar-refractivity contribution in [2.75, 3.05) is 13.1 Å². The molecular weight excluding hydrogens is 227 g/mol. The van der Waals surface area contributed by atoms with Crippen molar-refractivity contribution in [3.8, 4) is 0 Å². The highest BCUT2D eigenvalue weighted by atomic mass is 35.5. The Hall–Kier alpha value is -0.670. The minimum atomic E-state index is -1.03. The van der Waals surface area contributed by atoms with Crippen molar-refractivity contribution in [2.45, 2.75) is 31.9 Å². The molecule has 4 heteroatoms. The second-order valence-electron chi connectivity index (χ2n) is 4.39. The Bertz CT molecular complexity index is 320. The van der Waals surface area contributed by atoms with Gasteiger partial charge in [0, 0.05) is 18.3 Å². The molecule has 0 bridgehead atoms. The van der Waals surface area contributed by atoms with Crippen molar-refractivity contribution in [3.05, 3.63) is 29.6 Å². The molecule has 1 N–H and O–H groups in total. The second-order valence-corrected chi connectivity index (χ2v) is 4.39. The van der Waals surface area contributed by atoms with Crippen LogP contribution >= 0.6 is 12.4 Å². The molecule has 1 aliphatic rings. The number of aromatic nitrogens is 1. The predicted octanol–water partition coefficient (Wildman–Crippen LogP) is 2.45. The predicted molar refractivity (Wildman–Crippen MR) is 65.9 cm³/mol. The monoisotopic (exact) mass is 244 g/mol. The second kappa shape index (κ2) is 5.60. The van der Waals surface area contributed by atoms with E-state index in [1.54, 1.807) is 6.20 Å². The summed E-state index contributed by atoms with van der Waals surface area (Å²) in [5.41, 5.74) is 0.962. The number of nitrogens with zero attached hydrogens (tertiary/aromatic N) is 1. The molecular formula is C12H18ClFN2. The van der Waals surface area contributed by atoms with Gasteiger partial charge in [0.2, 0.25) is 0 Å². The van der Waals surface area contributed by atoms with Crippen molar-refractivity contribution in [3.63, 3.8) is 0 Å². The zero-order valence-electron chi connectivity index (χ0n) is 9.50. The van der Waals surface area contributed by atoms with Crippen LogP contribution in [0.2, 0.25) is 0 Å². The van der Waals surface area contributed by atoms with Crippen molar-refractivity contribution >= 4 is 12.4 Å². The molecule has 2 rings (SSSR count). The summed E-state index contributed by atoms with van der Waals surface area (Å²) in [7, 11) is 0. The molecule has 0 atom stereocenters. The van der Waals surface area contributed by atoms with E-state index in [9.17, 15) is 4.39 Å². The highest BCUT2D eigenvalue weighted by Crippen LogP contribution is 2.27. The van der Waals surface area contributed by atoms with Crippen molar-refractivity contribution < 1.29 is 4.39 Å². The molecule has 1 saturated heterocycles. The molecule has 90 valence electrons. The Labute approximate surface area is 102 Å². The third-order valence-electron chi connectivity index (χ3n) is 2.99. The third-order valence-corrected chi connectivity index (χ3v) is 2.99. The quantitative estimate of drug-likeness (QED) is 0.865. The summed E-state index contributed by atoms with van der Waals surface area (Å²) < 4.78 is 14.3. The number of rotatable bonds is 2. The first kappa shape index (κ1) is 13.4. The van der Waals surface area contributed by atoms with E-state index < -0.39 is 5.67 Å². The summed E-state index contributed by atoms with van der Waals surface area (Å²) >= 11 is 0. The number of aryl methyl sites for hydroxylation is 1. The molecule has 0 aliphatic carbocycles. The molecule has 1 aromatic heterocycles. The first-order chi connectivity index (χ1) is 7.18. The van der Waals surface area contributed by atoms with Crippen LogP contribution in [-0.4, -0.2) is 23.7 Å². The zero-order valence-corrected chi connectivity index (χ0v) is 10.3. The largest absolute Gasteiger partial charge is 0.316 e. The maximum Gasteiger partial charge on any atom is 0.117 e. The molecule has 0 radical (unpaired) electrons. The topological polar surface area (TPSA) is 24.9 Å². The van der Waals surface area contributed by atoms with Crippen LogP contribution in [0.5, 0.6) is 0 Å². The summed E-state index contributed by atoms with van der Waals surface area (Å²) in [5.74, 6) is 0. The lowest BCUT2D eigenvalue weighted by molar-refractivity contribution is 0.116. The van der Waals surface area contributed by atoms with Gasteiger partial charge in [0.1, 0.15) is 5.67 Å². The van der Waals surface area contributed by atoms with Gasteiger partial charge in [0.15, 0.2) is 0 Å². The molecule has 1 aliphatic heterocycles. The minimum Gasteiger partial charge on any atom is -0.316 e. The summed E-state index contributed by atoms with van der Waals surface area (Å²) in [6.07, 6.45) is 3.52. The highest BCUT2D eigenvalue weighted by Gasteiger charge is 2.31. The van der Waals surface area contributed by atoms with E-state index in [0.717, 1.165) is 24.3 Å². The lowest BCUT2D eigenvalue weighted by Gasteiger charge is -2.30. The van der Waals surface area contributed by atoms with Crippen molar-refractivity contribution in [1.29, 1.82) is 0 Å². The average Bonchev–Trinajstić information content (AvgIpc) is 2.22. The molecule has 16 heavy (non-hydrogen) atoms. The molecule has 1 aromatic rings. The SMILES string of the molecule is Cc1ccc(CC2(F)CCNCC2)cn1.Cl. The summed E-state index contributed by atoms with van der Waals surface area (Å²) in [5, 5.41) is 3.18. The fourth-order valence-corrected chi connectivity index (χ4v) is 2.02. The number of hydrogen-bond donors (Lipinski definition) is 1. The number of alkyl halides is 1. The van der Waals surface area contributed by atoms with Crippen LogP contribution in [0.4, 0.5) is 4.39 Å². The van der Waals surface area contributed by atoms with Crippen LogP contribution in [0.25, 0.3) is 0 Å². The number of pyridine rings is 1. The van der Waals surface area contributed by atoms with E-state index in [1.165, 1.54) is 0 Å². The molecule has 2 heterocycles. The van der Waals surface area contributed by atoms with Gasteiger partial charge in [-0.2, -0.15) is 0 Å². The highest BCUT2D eigenvalue weighted by molar-refractivity contribution is 5.85. The summed E-state index contributed by atoms with van der Waals surface area (Å²) in [6, 6.07) is 3.92. The van der Waals surface area contributed by atoms with Crippen LogP contribution < -0.4 is 5.32 Å². The summed E-state index contributed by atoms with van der Waals surface area (Å²) in [4.78, 5) is 4.19. The Balaban J connectivity index is 0.00000128. The molecule has 0 saturated carbocycles. The van der Waals surface area contributed by atoms with Gasteiger partial charge in [0.25, 0.3) is 0 Å². The molecule has 0 spiro atoms. The van der Waals surface area contributed by atoms with Gasteiger partial charge in [-0.3, -0.25) is 4.98 Å². The number of piperidine rings is 1. The summed E-state index contributed by atoms with van der Waals surface area (Å²) in [6.45, 7) is 3.52. The van der Waals surface area contributed by atoms with Gasteiger partial charge in [-0.05, 0) is 44.5 Å². The maximum atomic E-state index is 14.3. The molecule has 0 amide bonds. The van der Waals surface area contributed by atoms with Gasteiger partial charge < -0.3 is 5.32 Å². The number of halogens is 2. The lowest BCUT2D eigenvalue weighted by Crippen LogP contribution is -2.40. The third kappa shape index (κ3) is 3.42. The first-order valence-electron chi connectivity index (χ1n) is 5.49. The van der Waals surface area contributed by atoms with Crippen LogP contribution in [0.1, 0.15) is 24.1 Å². The Morgan fingerprint density at radius 1 is 1.38 bits per heavy atom. The number of hydrogen-bond acceptors (Lipinski definition) is 2. The molecule has 2 nitrogen and oxygen atoms in total. The standard InChI is InChI=1S/C12H17FN2.ClH/c1-10-2-3-11(9-15-10)8-12(13)4-6-14-7-5-12;/h2-3,9,14H,4-8H2,1H3;1H. The molecule has 1 fully saturated rings. The average molecular weight is 245 g/mol. The maximum absolute atomic E-state index is 14.3. The van der Waals surface area contributed by atoms with Crippen LogP contribution in [0.15, 0.2) is 18.3 Å². The van der Waals surface area contributed by atoms with E-state index in [1.807, 2.05) is 19.1 Å². The van der Waals surface area contributed by atoms with Crippen LogP contribution in [0.3, 0.4) is 0 Å². The van der Waals surface area contributed by atoms with Gasteiger partial charge in [0.05, 0.1) is 0 Å². The van der Waals surface area contributed by atoms with Gasteiger partial charge >= 0.3 is 0 Å². The minimum absolute atomic E-state index is 0. The van der Waals surface area contributed by atoms with E-state index >= 15 is 0 Å². The van der Waals surface area contributed by atoms with Crippen LogP contribution in [0, 0.1) is 6.92 Å². The van der Waals surface area contributed by atoms with E-state index in [-0.39, 0.29) is 12.4 Å². The van der Waals surface area contributed by atoms with E-state index in [2.05, 4.69) is 10.3 Å². The lowest BCUT2D eigenvalue weighted by atomic mass is 9.88. The smallest absolute Gasteiger partial charge is 0.117 e. The zero-order chi connectivity index (χ0) is 10.7. The normalized spacial score (nSPS) is 18.9. The Morgan fingerprint density at radius 2 is 2.06 bits per heavy atom. The molecule has 0 aromatic carbocycles.